The van der Waals surface area contributed by atoms with Crippen molar-refractivity contribution in [1.29, 1.82) is 0 Å². The highest BCUT2D eigenvalue weighted by atomic mass is 16.5. The minimum atomic E-state index is -0.0853. The number of hydrogen-bond acceptors (Lipinski definition) is 2. The fourth-order valence-electron chi connectivity index (χ4n) is 5.92. The van der Waals surface area contributed by atoms with E-state index in [0.29, 0.717) is 5.41 Å². The number of rotatable bonds is 5. The Kier molecular flexibility index (Phi) is 3.22. The molecule has 2 heteroatoms. The molecular formula is C16H28O2. The quantitative estimate of drug-likeness (QED) is 0.760. The number of aliphatic hydroxyl groups excluding tert-OH is 1. The maximum absolute atomic E-state index is 10.7. The molecule has 0 spiro atoms. The van der Waals surface area contributed by atoms with Crippen molar-refractivity contribution in [2.75, 3.05) is 13.7 Å². The lowest BCUT2D eigenvalue weighted by molar-refractivity contribution is -0.155. The average Bonchev–Trinajstić information content (AvgIpc) is 2.25. The third kappa shape index (κ3) is 2.12. The van der Waals surface area contributed by atoms with E-state index >= 15 is 0 Å². The molecule has 0 saturated heterocycles. The Labute approximate surface area is 111 Å². The van der Waals surface area contributed by atoms with Crippen molar-refractivity contribution in [2.45, 2.75) is 64.4 Å². The van der Waals surface area contributed by atoms with Gasteiger partial charge in [-0.15, -0.1) is 0 Å². The molecule has 4 saturated carbocycles. The molecule has 4 aliphatic carbocycles. The van der Waals surface area contributed by atoms with Gasteiger partial charge in [0.15, 0.2) is 0 Å². The molecule has 0 heterocycles. The summed E-state index contributed by atoms with van der Waals surface area (Å²) in [5.74, 6) is 1.82. The molecule has 3 unspecified atom stereocenters. The van der Waals surface area contributed by atoms with Gasteiger partial charge in [-0.25, -0.2) is 0 Å². The fourth-order valence-corrected chi connectivity index (χ4v) is 5.92. The summed E-state index contributed by atoms with van der Waals surface area (Å²) in [6.45, 7) is 3.26. The Bertz CT molecular complexity index is 298. The molecular weight excluding hydrogens is 224 g/mol. The topological polar surface area (TPSA) is 29.5 Å². The first-order chi connectivity index (χ1) is 8.55. The largest absolute Gasteiger partial charge is 0.393 e. The highest BCUT2D eigenvalue weighted by molar-refractivity contribution is 5.08. The van der Waals surface area contributed by atoms with Crippen molar-refractivity contribution < 1.29 is 9.84 Å². The summed E-state index contributed by atoms with van der Waals surface area (Å²) in [7, 11) is 1.75. The van der Waals surface area contributed by atoms with Crippen LogP contribution >= 0.6 is 0 Å². The van der Waals surface area contributed by atoms with E-state index in [1.54, 1.807) is 7.11 Å². The Morgan fingerprint density at radius 3 is 2.44 bits per heavy atom. The predicted molar refractivity (Wildman–Crippen MR) is 72.3 cm³/mol. The molecule has 0 radical (unpaired) electrons. The van der Waals surface area contributed by atoms with Gasteiger partial charge in [0.05, 0.1) is 6.10 Å². The van der Waals surface area contributed by atoms with Crippen molar-refractivity contribution in [3.05, 3.63) is 0 Å². The lowest BCUT2D eigenvalue weighted by Crippen LogP contribution is -2.55. The van der Waals surface area contributed by atoms with Gasteiger partial charge in [0.2, 0.25) is 0 Å². The molecule has 0 amide bonds. The van der Waals surface area contributed by atoms with Crippen LogP contribution in [0.4, 0.5) is 0 Å². The summed E-state index contributed by atoms with van der Waals surface area (Å²) >= 11 is 0. The van der Waals surface area contributed by atoms with Crippen LogP contribution in [0.3, 0.4) is 0 Å². The lowest BCUT2D eigenvalue weighted by atomic mass is 9.43. The van der Waals surface area contributed by atoms with Crippen LogP contribution in [0.5, 0.6) is 0 Å². The monoisotopic (exact) mass is 252 g/mol. The molecule has 0 aromatic heterocycles. The van der Waals surface area contributed by atoms with E-state index < -0.39 is 0 Å². The molecule has 1 N–H and O–H groups in total. The van der Waals surface area contributed by atoms with Crippen molar-refractivity contribution in [3.8, 4) is 0 Å². The standard InChI is InChI=1S/C16H28O2/c1-15-7-12-6-13(8-15)10-16(9-12,11-15)14(17)4-3-5-18-2/h12-14,17H,3-11H2,1-2H3. The number of aliphatic hydroxyl groups is 1. The molecule has 2 nitrogen and oxygen atoms in total. The number of methoxy groups -OCH3 is 1. The number of hydrogen-bond donors (Lipinski definition) is 1. The van der Waals surface area contributed by atoms with Crippen LogP contribution < -0.4 is 0 Å². The smallest absolute Gasteiger partial charge is 0.0597 e. The van der Waals surface area contributed by atoms with Gasteiger partial charge in [-0.3, -0.25) is 0 Å². The van der Waals surface area contributed by atoms with Crippen molar-refractivity contribution in [1.82, 2.24) is 0 Å². The van der Waals surface area contributed by atoms with Crippen molar-refractivity contribution in [3.63, 3.8) is 0 Å². The summed E-state index contributed by atoms with van der Waals surface area (Å²) < 4.78 is 5.12. The summed E-state index contributed by atoms with van der Waals surface area (Å²) in [4.78, 5) is 0. The zero-order valence-corrected chi connectivity index (χ0v) is 12.0. The van der Waals surface area contributed by atoms with E-state index in [-0.39, 0.29) is 11.5 Å². The second kappa shape index (κ2) is 4.49. The third-order valence-corrected chi connectivity index (χ3v) is 5.93. The second-order valence-corrected chi connectivity index (χ2v) is 7.78. The van der Waals surface area contributed by atoms with E-state index in [2.05, 4.69) is 6.92 Å². The minimum Gasteiger partial charge on any atom is -0.393 e. The highest BCUT2D eigenvalue weighted by Crippen LogP contribution is 2.66. The molecule has 104 valence electrons. The van der Waals surface area contributed by atoms with Gasteiger partial charge in [-0.1, -0.05) is 6.92 Å². The molecule has 18 heavy (non-hydrogen) atoms. The SMILES string of the molecule is COCCCC(O)C12CC3CC(CC(C)(C3)C1)C2. The first kappa shape index (κ1) is 12.9. The van der Waals surface area contributed by atoms with Crippen LogP contribution in [0.2, 0.25) is 0 Å². The average molecular weight is 252 g/mol. The van der Waals surface area contributed by atoms with Crippen LogP contribution in [0, 0.1) is 22.7 Å². The van der Waals surface area contributed by atoms with E-state index in [4.69, 9.17) is 4.74 Å². The van der Waals surface area contributed by atoms with Crippen LogP contribution in [-0.2, 0) is 4.74 Å². The van der Waals surface area contributed by atoms with Gasteiger partial charge >= 0.3 is 0 Å². The van der Waals surface area contributed by atoms with Crippen LogP contribution in [-0.4, -0.2) is 24.9 Å². The zero-order chi connectivity index (χ0) is 12.8. The molecule has 0 aliphatic heterocycles. The second-order valence-electron chi connectivity index (χ2n) is 7.78. The van der Waals surface area contributed by atoms with Gasteiger partial charge < -0.3 is 9.84 Å². The van der Waals surface area contributed by atoms with Crippen molar-refractivity contribution >= 4 is 0 Å². The van der Waals surface area contributed by atoms with Crippen molar-refractivity contribution in [2.24, 2.45) is 22.7 Å². The lowest BCUT2D eigenvalue weighted by Gasteiger charge is -2.62. The maximum atomic E-state index is 10.7. The van der Waals surface area contributed by atoms with E-state index in [9.17, 15) is 5.11 Å². The molecule has 0 aromatic rings. The van der Waals surface area contributed by atoms with Gasteiger partial charge in [0, 0.05) is 13.7 Å². The Balaban J connectivity index is 1.70. The molecule has 0 aromatic carbocycles. The summed E-state index contributed by atoms with van der Waals surface area (Å²) in [5.41, 5.74) is 0.818. The Morgan fingerprint density at radius 2 is 1.89 bits per heavy atom. The van der Waals surface area contributed by atoms with E-state index in [0.717, 1.165) is 31.3 Å². The molecule has 4 rings (SSSR count). The van der Waals surface area contributed by atoms with Gasteiger partial charge in [-0.2, -0.15) is 0 Å². The summed E-state index contributed by atoms with van der Waals surface area (Å²) in [6, 6.07) is 0. The Hall–Kier alpha value is -0.0800. The molecule has 3 atom stereocenters. The summed E-state index contributed by atoms with van der Waals surface area (Å²) in [5, 5.41) is 10.7. The fraction of sp³-hybridized carbons (Fsp3) is 1.00. The Morgan fingerprint density at radius 1 is 1.22 bits per heavy atom. The predicted octanol–water partition coefficient (Wildman–Crippen LogP) is 3.38. The van der Waals surface area contributed by atoms with Gasteiger partial charge in [0.25, 0.3) is 0 Å². The van der Waals surface area contributed by atoms with Crippen LogP contribution in [0.25, 0.3) is 0 Å². The van der Waals surface area contributed by atoms with Crippen LogP contribution in [0.1, 0.15) is 58.3 Å². The third-order valence-electron chi connectivity index (χ3n) is 5.93. The summed E-state index contributed by atoms with van der Waals surface area (Å²) in [6.07, 6.45) is 10.0. The van der Waals surface area contributed by atoms with E-state index in [1.807, 2.05) is 0 Å². The molecule has 4 bridgehead atoms. The highest BCUT2D eigenvalue weighted by Gasteiger charge is 2.57. The van der Waals surface area contributed by atoms with Gasteiger partial charge in [0.1, 0.15) is 0 Å². The molecule has 4 fully saturated rings. The normalized spacial score (nSPS) is 47.5. The first-order valence-corrected chi connectivity index (χ1v) is 7.72. The first-order valence-electron chi connectivity index (χ1n) is 7.72. The molecule has 4 aliphatic rings. The zero-order valence-electron chi connectivity index (χ0n) is 12.0. The van der Waals surface area contributed by atoms with Crippen LogP contribution in [0.15, 0.2) is 0 Å². The van der Waals surface area contributed by atoms with E-state index in [1.165, 1.54) is 38.5 Å². The number of ether oxygens (including phenoxy) is 1. The van der Waals surface area contributed by atoms with Gasteiger partial charge in [-0.05, 0) is 74.0 Å². The maximum Gasteiger partial charge on any atom is 0.0597 e. The minimum absolute atomic E-state index is 0.0853.